The zero-order chi connectivity index (χ0) is 23.3. The van der Waals surface area contributed by atoms with E-state index in [0.29, 0.717) is 18.9 Å². The predicted octanol–water partition coefficient (Wildman–Crippen LogP) is 3.77. The number of nitrogens with one attached hydrogen (secondary N) is 2. The van der Waals surface area contributed by atoms with Crippen molar-refractivity contribution in [1.29, 1.82) is 0 Å². The topological polar surface area (TPSA) is 60.0 Å². The van der Waals surface area contributed by atoms with Gasteiger partial charge in [-0.05, 0) is 44.5 Å². The predicted molar refractivity (Wildman–Crippen MR) is 152 cm³/mol. The molecule has 0 saturated carbocycles. The second kappa shape index (κ2) is 15.7. The van der Waals surface area contributed by atoms with E-state index < -0.39 is 0 Å². The smallest absolute Gasteiger partial charge is 0.223 e. The fourth-order valence-electron chi connectivity index (χ4n) is 4.19. The van der Waals surface area contributed by atoms with Crippen molar-refractivity contribution in [1.82, 2.24) is 20.4 Å². The molecule has 0 bridgehead atoms. The molecule has 2 aromatic rings. The SMILES string of the molecule is CCNC(=NCC1CC(=O)N(CCc2ccccc2)C1)NCCCN(C)Cc1ccccc1.I. The third-order valence-corrected chi connectivity index (χ3v) is 5.96. The summed E-state index contributed by atoms with van der Waals surface area (Å²) in [6.45, 7) is 8.04. The summed E-state index contributed by atoms with van der Waals surface area (Å²) in [6, 6.07) is 20.9. The Morgan fingerprint density at radius 3 is 2.41 bits per heavy atom. The van der Waals surface area contributed by atoms with Gasteiger partial charge in [0.15, 0.2) is 5.96 Å². The fourth-order valence-corrected chi connectivity index (χ4v) is 4.19. The minimum absolute atomic E-state index is 0. The van der Waals surface area contributed by atoms with Crippen LogP contribution in [0.3, 0.4) is 0 Å². The van der Waals surface area contributed by atoms with Crippen LogP contribution in [0.15, 0.2) is 65.7 Å². The number of carbonyl (C=O) groups is 1. The Morgan fingerprint density at radius 2 is 1.74 bits per heavy atom. The lowest BCUT2D eigenvalue weighted by Crippen LogP contribution is -2.39. The third kappa shape index (κ3) is 10.0. The summed E-state index contributed by atoms with van der Waals surface area (Å²) in [5.41, 5.74) is 2.62. The van der Waals surface area contributed by atoms with E-state index in [9.17, 15) is 4.79 Å². The van der Waals surface area contributed by atoms with E-state index in [1.54, 1.807) is 0 Å². The lowest BCUT2D eigenvalue weighted by atomic mass is 10.1. The minimum atomic E-state index is 0. The van der Waals surface area contributed by atoms with Crippen LogP contribution in [0, 0.1) is 5.92 Å². The standard InChI is InChI=1S/C27H39N5O.HI/c1-3-28-27(29-16-10-17-31(2)21-24-13-8-5-9-14-24)30-20-25-19-26(33)32(22-25)18-15-23-11-6-4-7-12-23;/h4-9,11-14,25H,3,10,15-22H2,1-2H3,(H2,28,29,30);1H. The van der Waals surface area contributed by atoms with Gasteiger partial charge in [0.2, 0.25) is 5.91 Å². The fraction of sp³-hybridized carbons (Fsp3) is 0.481. The maximum absolute atomic E-state index is 12.4. The molecule has 186 valence electrons. The molecule has 3 rings (SSSR count). The molecular weight excluding hydrogens is 537 g/mol. The van der Waals surface area contributed by atoms with E-state index in [4.69, 9.17) is 4.99 Å². The number of rotatable bonds is 12. The Kier molecular flexibility index (Phi) is 13.0. The Morgan fingerprint density at radius 1 is 1.06 bits per heavy atom. The van der Waals surface area contributed by atoms with Gasteiger partial charge in [0.05, 0.1) is 0 Å². The summed E-state index contributed by atoms with van der Waals surface area (Å²) in [5, 5.41) is 6.78. The van der Waals surface area contributed by atoms with Crippen molar-refractivity contribution in [2.24, 2.45) is 10.9 Å². The third-order valence-electron chi connectivity index (χ3n) is 5.96. The first-order chi connectivity index (χ1) is 16.1. The second-order valence-electron chi connectivity index (χ2n) is 8.87. The number of nitrogens with zero attached hydrogens (tertiary/aromatic N) is 3. The van der Waals surface area contributed by atoms with Crippen molar-refractivity contribution < 1.29 is 4.79 Å². The Bertz CT molecular complexity index is 862. The van der Waals surface area contributed by atoms with Crippen LogP contribution in [0.1, 0.15) is 30.9 Å². The van der Waals surface area contributed by atoms with E-state index in [-0.39, 0.29) is 29.9 Å². The van der Waals surface area contributed by atoms with Crippen LogP contribution in [0.5, 0.6) is 0 Å². The van der Waals surface area contributed by atoms with Gasteiger partial charge in [-0.1, -0.05) is 60.7 Å². The van der Waals surface area contributed by atoms with Gasteiger partial charge in [-0.3, -0.25) is 9.79 Å². The maximum atomic E-state index is 12.4. The molecule has 1 aliphatic rings. The van der Waals surface area contributed by atoms with Gasteiger partial charge in [-0.15, -0.1) is 24.0 Å². The molecule has 0 spiro atoms. The van der Waals surface area contributed by atoms with Crippen molar-refractivity contribution in [2.45, 2.75) is 32.7 Å². The largest absolute Gasteiger partial charge is 0.357 e. The van der Waals surface area contributed by atoms with E-state index >= 15 is 0 Å². The summed E-state index contributed by atoms with van der Waals surface area (Å²) >= 11 is 0. The molecule has 0 aromatic heterocycles. The van der Waals surface area contributed by atoms with Crippen LogP contribution in [-0.4, -0.2) is 68.0 Å². The number of benzene rings is 2. The van der Waals surface area contributed by atoms with Crippen molar-refractivity contribution in [3.8, 4) is 0 Å². The van der Waals surface area contributed by atoms with E-state index in [0.717, 1.165) is 58.1 Å². The van der Waals surface area contributed by atoms with E-state index in [1.165, 1.54) is 11.1 Å². The lowest BCUT2D eigenvalue weighted by Gasteiger charge is -2.18. The van der Waals surface area contributed by atoms with Gasteiger partial charge in [0.1, 0.15) is 0 Å². The van der Waals surface area contributed by atoms with E-state index in [1.807, 2.05) is 11.0 Å². The zero-order valence-electron chi connectivity index (χ0n) is 20.6. The average molecular weight is 578 g/mol. The molecule has 7 heteroatoms. The first-order valence-electron chi connectivity index (χ1n) is 12.2. The summed E-state index contributed by atoms with van der Waals surface area (Å²) in [6.07, 6.45) is 2.55. The van der Waals surface area contributed by atoms with Gasteiger partial charge in [0, 0.05) is 51.6 Å². The molecule has 1 saturated heterocycles. The number of halogens is 1. The highest BCUT2D eigenvalue weighted by molar-refractivity contribution is 14.0. The second-order valence-corrected chi connectivity index (χ2v) is 8.87. The molecule has 6 nitrogen and oxygen atoms in total. The van der Waals surface area contributed by atoms with E-state index in [2.05, 4.69) is 84.1 Å². The molecule has 1 aliphatic heterocycles. The van der Waals surface area contributed by atoms with Crippen LogP contribution < -0.4 is 10.6 Å². The molecule has 2 N–H and O–H groups in total. The zero-order valence-corrected chi connectivity index (χ0v) is 22.9. The monoisotopic (exact) mass is 577 g/mol. The molecule has 1 amide bonds. The molecular formula is C27H40IN5O. The normalized spacial score (nSPS) is 16.0. The highest BCUT2D eigenvalue weighted by atomic mass is 127. The summed E-state index contributed by atoms with van der Waals surface area (Å²) in [5.74, 6) is 1.39. The van der Waals surface area contributed by atoms with Crippen LogP contribution in [0.25, 0.3) is 0 Å². The molecule has 2 aromatic carbocycles. The van der Waals surface area contributed by atoms with Crippen molar-refractivity contribution in [3.05, 3.63) is 71.8 Å². The number of guanidine groups is 1. The molecule has 34 heavy (non-hydrogen) atoms. The quantitative estimate of drug-likeness (QED) is 0.175. The number of carbonyl (C=O) groups excluding carboxylic acids is 1. The molecule has 1 unspecified atom stereocenters. The Hall–Kier alpha value is -2.13. The van der Waals surface area contributed by atoms with Gasteiger partial charge in [-0.2, -0.15) is 0 Å². The van der Waals surface area contributed by atoms with Crippen LogP contribution >= 0.6 is 24.0 Å². The number of hydrogen-bond acceptors (Lipinski definition) is 3. The summed E-state index contributed by atoms with van der Waals surface area (Å²) in [7, 11) is 2.16. The van der Waals surface area contributed by atoms with Gasteiger partial charge < -0.3 is 20.4 Å². The molecule has 1 fully saturated rings. The Labute approximate surface area is 222 Å². The lowest BCUT2D eigenvalue weighted by molar-refractivity contribution is -0.127. The molecule has 1 heterocycles. The first kappa shape index (κ1) is 28.1. The van der Waals surface area contributed by atoms with Crippen LogP contribution in [0.4, 0.5) is 0 Å². The number of likely N-dealkylation sites (tertiary alicyclic amines) is 1. The molecule has 1 atom stereocenters. The highest BCUT2D eigenvalue weighted by Gasteiger charge is 2.29. The van der Waals surface area contributed by atoms with Crippen molar-refractivity contribution >= 4 is 35.8 Å². The van der Waals surface area contributed by atoms with Crippen LogP contribution in [0.2, 0.25) is 0 Å². The Balaban J connectivity index is 0.00000408. The number of amides is 1. The van der Waals surface area contributed by atoms with Crippen molar-refractivity contribution in [3.63, 3.8) is 0 Å². The highest BCUT2D eigenvalue weighted by Crippen LogP contribution is 2.18. The maximum Gasteiger partial charge on any atom is 0.223 e. The molecule has 0 aliphatic carbocycles. The number of aliphatic imine (C=N–C) groups is 1. The number of hydrogen-bond donors (Lipinski definition) is 2. The first-order valence-corrected chi connectivity index (χ1v) is 12.2. The van der Waals surface area contributed by atoms with Gasteiger partial charge in [-0.25, -0.2) is 0 Å². The molecule has 0 radical (unpaired) electrons. The van der Waals surface area contributed by atoms with Crippen LogP contribution in [-0.2, 0) is 17.8 Å². The summed E-state index contributed by atoms with van der Waals surface area (Å²) < 4.78 is 0. The average Bonchev–Trinajstić information content (AvgIpc) is 3.19. The van der Waals surface area contributed by atoms with Crippen molar-refractivity contribution in [2.75, 3.05) is 46.3 Å². The minimum Gasteiger partial charge on any atom is -0.357 e. The summed E-state index contributed by atoms with van der Waals surface area (Å²) in [4.78, 5) is 21.5. The van der Waals surface area contributed by atoms with Gasteiger partial charge in [0.25, 0.3) is 0 Å². The van der Waals surface area contributed by atoms with Gasteiger partial charge >= 0.3 is 0 Å².